The Hall–Kier alpha value is -3.88. The van der Waals surface area contributed by atoms with Gasteiger partial charge in [-0.25, -0.2) is 19.6 Å². The predicted molar refractivity (Wildman–Crippen MR) is 93.8 cm³/mol. The van der Waals surface area contributed by atoms with Crippen molar-refractivity contribution < 1.29 is 4.79 Å². The topological polar surface area (TPSA) is 108 Å². The molecule has 9 nitrogen and oxygen atoms in total. The predicted octanol–water partition coefficient (Wildman–Crippen LogP) is 1.01. The van der Waals surface area contributed by atoms with E-state index in [1.54, 1.807) is 53.5 Å². The van der Waals surface area contributed by atoms with Crippen LogP contribution in [0.1, 0.15) is 0 Å². The molecule has 0 unspecified atom stereocenters. The number of fused-ring (bicyclic) bond motifs is 1. The maximum Gasteiger partial charge on any atom is 0.261 e. The highest BCUT2D eigenvalue weighted by Crippen LogP contribution is 2.08. The van der Waals surface area contributed by atoms with Crippen molar-refractivity contribution in [1.29, 1.82) is 0 Å². The SMILES string of the molecule is O=C(Cn1cnc2ccccc2c1=O)Nc1cc(-n2cccn2)ncn1. The first-order valence-corrected chi connectivity index (χ1v) is 7.77. The van der Waals surface area contributed by atoms with Crippen LogP contribution in [0.3, 0.4) is 0 Å². The number of anilines is 1. The molecule has 0 spiro atoms. The monoisotopic (exact) mass is 347 g/mol. The fraction of sp³-hybridized carbons (Fsp3) is 0.0588. The van der Waals surface area contributed by atoms with E-state index in [2.05, 4.69) is 25.4 Å². The van der Waals surface area contributed by atoms with E-state index in [-0.39, 0.29) is 12.1 Å². The van der Waals surface area contributed by atoms with Gasteiger partial charge in [0.05, 0.1) is 17.2 Å². The summed E-state index contributed by atoms with van der Waals surface area (Å²) in [5.41, 5.74) is 0.319. The van der Waals surface area contributed by atoms with Crippen LogP contribution in [-0.4, -0.2) is 35.2 Å². The van der Waals surface area contributed by atoms with Gasteiger partial charge in [0, 0.05) is 18.5 Å². The molecule has 0 aliphatic heterocycles. The van der Waals surface area contributed by atoms with Crippen LogP contribution in [0.15, 0.2) is 66.2 Å². The van der Waals surface area contributed by atoms with Crippen molar-refractivity contribution in [3.8, 4) is 5.82 Å². The number of nitrogens with zero attached hydrogens (tertiary/aromatic N) is 6. The third-order valence-corrected chi connectivity index (χ3v) is 3.70. The summed E-state index contributed by atoms with van der Waals surface area (Å²) < 4.78 is 2.81. The Morgan fingerprint density at radius 2 is 2.00 bits per heavy atom. The quantitative estimate of drug-likeness (QED) is 0.590. The maximum atomic E-state index is 12.4. The lowest BCUT2D eigenvalue weighted by Gasteiger charge is -2.08. The van der Waals surface area contributed by atoms with Crippen molar-refractivity contribution in [3.63, 3.8) is 0 Å². The molecular formula is C17H13N7O2. The number of carbonyl (C=O) groups excluding carboxylic acids is 1. The lowest BCUT2D eigenvalue weighted by molar-refractivity contribution is -0.116. The van der Waals surface area contributed by atoms with Crippen LogP contribution in [-0.2, 0) is 11.3 Å². The van der Waals surface area contributed by atoms with Crippen molar-refractivity contribution in [2.75, 3.05) is 5.32 Å². The summed E-state index contributed by atoms with van der Waals surface area (Å²) in [6.07, 6.45) is 6.05. The number of rotatable bonds is 4. The molecule has 0 aliphatic rings. The van der Waals surface area contributed by atoms with Crippen LogP contribution in [0.4, 0.5) is 5.82 Å². The summed E-state index contributed by atoms with van der Waals surface area (Å²) in [6, 6.07) is 10.3. The average molecular weight is 347 g/mol. The summed E-state index contributed by atoms with van der Waals surface area (Å²) in [6.45, 7) is -0.169. The van der Waals surface area contributed by atoms with Gasteiger partial charge in [-0.1, -0.05) is 12.1 Å². The Kier molecular flexibility index (Phi) is 3.94. The zero-order chi connectivity index (χ0) is 17.9. The molecule has 1 amide bonds. The van der Waals surface area contributed by atoms with Gasteiger partial charge in [-0.15, -0.1) is 0 Å². The lowest BCUT2D eigenvalue weighted by atomic mass is 10.2. The minimum absolute atomic E-state index is 0.169. The largest absolute Gasteiger partial charge is 0.309 e. The second kappa shape index (κ2) is 6.55. The molecule has 3 aromatic heterocycles. The molecule has 128 valence electrons. The van der Waals surface area contributed by atoms with Crippen molar-refractivity contribution in [2.45, 2.75) is 6.54 Å². The van der Waals surface area contributed by atoms with Gasteiger partial charge >= 0.3 is 0 Å². The number of para-hydroxylation sites is 1. The molecule has 3 heterocycles. The molecule has 1 N–H and O–H groups in total. The molecule has 9 heteroatoms. The highest BCUT2D eigenvalue weighted by molar-refractivity contribution is 5.90. The number of benzene rings is 1. The van der Waals surface area contributed by atoms with Gasteiger partial charge in [0.15, 0.2) is 5.82 Å². The van der Waals surface area contributed by atoms with Crippen LogP contribution in [0.2, 0.25) is 0 Å². The Labute approximate surface area is 147 Å². The third-order valence-electron chi connectivity index (χ3n) is 3.70. The van der Waals surface area contributed by atoms with Gasteiger partial charge in [-0.3, -0.25) is 14.2 Å². The van der Waals surface area contributed by atoms with Gasteiger partial charge in [0.1, 0.15) is 18.7 Å². The minimum Gasteiger partial charge on any atom is -0.309 e. The lowest BCUT2D eigenvalue weighted by Crippen LogP contribution is -2.28. The number of amides is 1. The average Bonchev–Trinajstić information content (AvgIpc) is 3.19. The van der Waals surface area contributed by atoms with Crippen LogP contribution in [0.5, 0.6) is 0 Å². The van der Waals surface area contributed by atoms with Crippen molar-refractivity contribution in [2.24, 2.45) is 0 Å². The number of aromatic nitrogens is 6. The second-order valence-corrected chi connectivity index (χ2v) is 5.46. The van der Waals surface area contributed by atoms with E-state index in [0.29, 0.717) is 22.5 Å². The first-order valence-electron chi connectivity index (χ1n) is 7.77. The first-order chi connectivity index (χ1) is 12.7. The standard InChI is InChI=1S/C17H13N7O2/c25-16(9-23-11-20-13-5-2-1-4-12(13)17(23)26)22-14-8-15(19-10-18-14)24-7-3-6-21-24/h1-8,10-11H,9H2,(H,18,19,22,25). The summed E-state index contributed by atoms with van der Waals surface area (Å²) in [5.74, 6) is 0.441. The second-order valence-electron chi connectivity index (χ2n) is 5.46. The molecule has 0 radical (unpaired) electrons. The Morgan fingerprint density at radius 3 is 2.85 bits per heavy atom. The molecule has 0 fully saturated rings. The molecule has 4 rings (SSSR count). The fourth-order valence-electron chi connectivity index (χ4n) is 2.50. The van der Waals surface area contributed by atoms with Gasteiger partial charge in [0.2, 0.25) is 5.91 Å². The molecule has 0 atom stereocenters. The van der Waals surface area contributed by atoms with E-state index in [9.17, 15) is 9.59 Å². The smallest absolute Gasteiger partial charge is 0.261 e. The number of hydrogen-bond donors (Lipinski definition) is 1. The summed E-state index contributed by atoms with van der Waals surface area (Å²) in [5, 5.41) is 7.19. The van der Waals surface area contributed by atoms with Crippen molar-refractivity contribution in [1.82, 2.24) is 29.3 Å². The molecule has 26 heavy (non-hydrogen) atoms. The highest BCUT2D eigenvalue weighted by Gasteiger charge is 2.10. The number of carbonyl (C=O) groups is 1. The Morgan fingerprint density at radius 1 is 1.12 bits per heavy atom. The van der Waals surface area contributed by atoms with Gasteiger partial charge in [-0.2, -0.15) is 5.10 Å². The van der Waals surface area contributed by atoms with Gasteiger partial charge in [-0.05, 0) is 18.2 Å². The van der Waals surface area contributed by atoms with E-state index < -0.39 is 5.91 Å². The van der Waals surface area contributed by atoms with Crippen LogP contribution < -0.4 is 10.9 Å². The van der Waals surface area contributed by atoms with E-state index >= 15 is 0 Å². The van der Waals surface area contributed by atoms with Gasteiger partial charge in [0.25, 0.3) is 5.56 Å². The molecule has 1 aromatic carbocycles. The molecular weight excluding hydrogens is 334 g/mol. The van der Waals surface area contributed by atoms with Crippen molar-refractivity contribution in [3.05, 3.63) is 71.8 Å². The third kappa shape index (κ3) is 3.05. The molecule has 0 aliphatic carbocycles. The van der Waals surface area contributed by atoms with E-state index in [1.165, 1.54) is 17.2 Å². The Balaban J connectivity index is 1.54. The normalized spacial score (nSPS) is 10.8. The molecule has 0 saturated carbocycles. The summed E-state index contributed by atoms with van der Waals surface area (Å²) in [4.78, 5) is 37.0. The maximum absolute atomic E-state index is 12.4. The Bertz CT molecular complexity index is 1140. The zero-order valence-corrected chi connectivity index (χ0v) is 13.5. The van der Waals surface area contributed by atoms with E-state index in [4.69, 9.17) is 0 Å². The number of nitrogens with one attached hydrogen (secondary N) is 1. The zero-order valence-electron chi connectivity index (χ0n) is 13.5. The number of hydrogen-bond acceptors (Lipinski definition) is 6. The van der Waals surface area contributed by atoms with Crippen molar-refractivity contribution >= 4 is 22.6 Å². The van der Waals surface area contributed by atoms with Crippen LogP contribution in [0, 0.1) is 0 Å². The summed E-state index contributed by atoms with van der Waals surface area (Å²) >= 11 is 0. The van der Waals surface area contributed by atoms with Crippen LogP contribution >= 0.6 is 0 Å². The van der Waals surface area contributed by atoms with Gasteiger partial charge < -0.3 is 5.32 Å². The van der Waals surface area contributed by atoms with E-state index in [0.717, 1.165) is 0 Å². The van der Waals surface area contributed by atoms with Crippen LogP contribution in [0.25, 0.3) is 16.7 Å². The van der Waals surface area contributed by atoms with E-state index in [1.807, 2.05) is 0 Å². The fourth-order valence-corrected chi connectivity index (χ4v) is 2.50. The molecule has 0 saturated heterocycles. The molecule has 0 bridgehead atoms. The first kappa shape index (κ1) is 15.6. The summed E-state index contributed by atoms with van der Waals surface area (Å²) in [7, 11) is 0. The highest BCUT2D eigenvalue weighted by atomic mass is 16.2. The minimum atomic E-state index is -0.394. The molecule has 4 aromatic rings.